The van der Waals surface area contributed by atoms with Gasteiger partial charge < -0.3 is 5.32 Å². The van der Waals surface area contributed by atoms with Gasteiger partial charge >= 0.3 is 0 Å². The number of aromatic nitrogens is 2. The summed E-state index contributed by atoms with van der Waals surface area (Å²) in [5, 5.41) is 9.65. The molecule has 2 heterocycles. The lowest BCUT2D eigenvalue weighted by atomic mass is 9.84. The lowest BCUT2D eigenvalue weighted by Gasteiger charge is -2.29. The van der Waals surface area contributed by atoms with Crippen molar-refractivity contribution in [2.24, 2.45) is 11.8 Å². The van der Waals surface area contributed by atoms with Crippen molar-refractivity contribution in [3.8, 4) is 0 Å². The predicted octanol–water partition coefficient (Wildman–Crippen LogP) is 2.84. The quantitative estimate of drug-likeness (QED) is 0.916. The predicted molar refractivity (Wildman–Crippen MR) is 79.3 cm³/mol. The van der Waals surface area contributed by atoms with Crippen LogP contribution in [0.4, 0.5) is 0 Å². The maximum absolute atomic E-state index is 4.83. The highest BCUT2D eigenvalue weighted by molar-refractivity contribution is 5.81. The Kier molecular flexibility index (Phi) is 3.56. The highest BCUT2D eigenvalue weighted by atomic mass is 15.3. The average molecular weight is 257 g/mol. The zero-order valence-electron chi connectivity index (χ0n) is 11.9. The van der Waals surface area contributed by atoms with E-state index in [-0.39, 0.29) is 0 Å². The van der Waals surface area contributed by atoms with Crippen LogP contribution in [-0.4, -0.2) is 22.9 Å². The van der Waals surface area contributed by atoms with Crippen molar-refractivity contribution in [2.75, 3.05) is 13.1 Å². The third-order valence-electron chi connectivity index (χ3n) is 4.45. The van der Waals surface area contributed by atoms with Gasteiger partial charge in [-0.3, -0.25) is 4.68 Å². The van der Waals surface area contributed by atoms with Crippen molar-refractivity contribution < 1.29 is 0 Å². The first kappa shape index (κ1) is 12.7. The Morgan fingerprint density at radius 2 is 2.21 bits per heavy atom. The molecule has 1 aromatic heterocycles. The Morgan fingerprint density at radius 1 is 1.37 bits per heavy atom. The molecule has 2 unspecified atom stereocenters. The van der Waals surface area contributed by atoms with E-state index in [0.29, 0.717) is 0 Å². The highest BCUT2D eigenvalue weighted by Gasteiger charge is 2.23. The number of benzene rings is 1. The fourth-order valence-electron chi connectivity index (χ4n) is 3.21. The Morgan fingerprint density at radius 3 is 3.00 bits per heavy atom. The van der Waals surface area contributed by atoms with E-state index < -0.39 is 0 Å². The molecule has 0 amide bonds. The van der Waals surface area contributed by atoms with Gasteiger partial charge in [-0.2, -0.15) is 5.10 Å². The number of hydrogen-bond acceptors (Lipinski definition) is 2. The molecule has 1 saturated heterocycles. The van der Waals surface area contributed by atoms with Crippen molar-refractivity contribution >= 4 is 10.9 Å². The number of aryl methyl sites for hydroxylation is 1. The number of nitrogens with one attached hydrogen (secondary N) is 1. The molecule has 1 aliphatic heterocycles. The third kappa shape index (κ3) is 2.39. The van der Waals surface area contributed by atoms with E-state index in [1.807, 2.05) is 0 Å². The average Bonchev–Trinajstić information content (AvgIpc) is 2.80. The zero-order valence-corrected chi connectivity index (χ0v) is 11.9. The molecule has 0 spiro atoms. The minimum absolute atomic E-state index is 0.749. The molecule has 1 fully saturated rings. The second-order valence-corrected chi connectivity index (χ2v) is 5.71. The van der Waals surface area contributed by atoms with E-state index in [1.54, 1.807) is 0 Å². The van der Waals surface area contributed by atoms with E-state index in [1.165, 1.54) is 23.0 Å². The molecule has 3 rings (SSSR count). The topological polar surface area (TPSA) is 29.9 Å². The molecule has 0 bridgehead atoms. The summed E-state index contributed by atoms with van der Waals surface area (Å²) in [5.41, 5.74) is 2.57. The van der Waals surface area contributed by atoms with Gasteiger partial charge in [0.1, 0.15) is 0 Å². The second-order valence-electron chi connectivity index (χ2n) is 5.71. The Hall–Kier alpha value is -1.35. The van der Waals surface area contributed by atoms with Crippen molar-refractivity contribution in [3.05, 3.63) is 30.0 Å². The first-order valence-electron chi connectivity index (χ1n) is 7.44. The van der Waals surface area contributed by atoms with Crippen LogP contribution in [0, 0.1) is 11.8 Å². The smallest absolute Gasteiger partial charge is 0.0706 e. The van der Waals surface area contributed by atoms with E-state index in [0.717, 1.165) is 37.9 Å². The van der Waals surface area contributed by atoms with E-state index in [9.17, 15) is 0 Å². The van der Waals surface area contributed by atoms with Crippen molar-refractivity contribution in [2.45, 2.75) is 33.2 Å². The molecule has 102 valence electrons. The van der Waals surface area contributed by atoms with Crippen molar-refractivity contribution in [1.82, 2.24) is 15.1 Å². The van der Waals surface area contributed by atoms with Crippen LogP contribution in [-0.2, 0) is 13.0 Å². The molecular weight excluding hydrogens is 234 g/mol. The normalized spacial score (nSPS) is 23.9. The summed E-state index contributed by atoms with van der Waals surface area (Å²) in [4.78, 5) is 0. The second kappa shape index (κ2) is 5.33. The van der Waals surface area contributed by atoms with Gasteiger partial charge in [0.05, 0.1) is 11.2 Å². The van der Waals surface area contributed by atoms with Gasteiger partial charge in [-0.1, -0.05) is 25.1 Å². The van der Waals surface area contributed by atoms with Crippen LogP contribution in [0.5, 0.6) is 0 Å². The standard InChI is InChI=1S/C16H23N3/c1-3-19-16-7-5-4-6-14(16)15(18-19)10-13-8-9-17-11-12(13)2/h4-7,12-13,17H,3,8-11H2,1-2H3. The van der Waals surface area contributed by atoms with Gasteiger partial charge in [0.15, 0.2) is 0 Å². The van der Waals surface area contributed by atoms with Gasteiger partial charge in [-0.25, -0.2) is 0 Å². The van der Waals surface area contributed by atoms with Gasteiger partial charge in [0.25, 0.3) is 0 Å². The summed E-state index contributed by atoms with van der Waals surface area (Å²) in [5.74, 6) is 1.52. The minimum atomic E-state index is 0.749. The fourth-order valence-corrected chi connectivity index (χ4v) is 3.21. The molecule has 0 aliphatic carbocycles. The van der Waals surface area contributed by atoms with Crippen LogP contribution in [0.25, 0.3) is 10.9 Å². The molecular formula is C16H23N3. The Labute approximate surface area is 115 Å². The molecule has 1 N–H and O–H groups in total. The number of piperidine rings is 1. The maximum atomic E-state index is 4.83. The molecule has 3 nitrogen and oxygen atoms in total. The third-order valence-corrected chi connectivity index (χ3v) is 4.45. The fraction of sp³-hybridized carbons (Fsp3) is 0.562. The largest absolute Gasteiger partial charge is 0.316 e. The number of para-hydroxylation sites is 1. The van der Waals surface area contributed by atoms with Crippen LogP contribution in [0.3, 0.4) is 0 Å². The summed E-state index contributed by atoms with van der Waals surface area (Å²) >= 11 is 0. The van der Waals surface area contributed by atoms with Gasteiger partial charge in [-0.15, -0.1) is 0 Å². The lowest BCUT2D eigenvalue weighted by Crippen LogP contribution is -2.36. The minimum Gasteiger partial charge on any atom is -0.316 e. The highest BCUT2D eigenvalue weighted by Crippen LogP contribution is 2.27. The van der Waals surface area contributed by atoms with Crippen LogP contribution in [0.2, 0.25) is 0 Å². The molecule has 0 saturated carbocycles. The summed E-state index contributed by atoms with van der Waals surface area (Å²) in [6, 6.07) is 8.63. The molecule has 0 radical (unpaired) electrons. The lowest BCUT2D eigenvalue weighted by molar-refractivity contribution is 0.270. The molecule has 2 atom stereocenters. The summed E-state index contributed by atoms with van der Waals surface area (Å²) in [7, 11) is 0. The van der Waals surface area contributed by atoms with Gasteiger partial charge in [0.2, 0.25) is 0 Å². The Balaban J connectivity index is 1.92. The first-order chi connectivity index (χ1) is 9.29. The van der Waals surface area contributed by atoms with E-state index >= 15 is 0 Å². The molecule has 1 aliphatic rings. The number of fused-ring (bicyclic) bond motifs is 1. The summed E-state index contributed by atoms with van der Waals surface area (Å²) in [6.07, 6.45) is 2.39. The Bertz CT molecular complexity index is 558. The maximum Gasteiger partial charge on any atom is 0.0706 e. The molecule has 2 aromatic rings. The van der Waals surface area contributed by atoms with Crippen molar-refractivity contribution in [1.29, 1.82) is 0 Å². The monoisotopic (exact) mass is 257 g/mol. The van der Waals surface area contributed by atoms with Crippen LogP contribution in [0.15, 0.2) is 24.3 Å². The molecule has 1 aromatic carbocycles. The molecule has 3 heteroatoms. The number of rotatable bonds is 3. The van der Waals surface area contributed by atoms with Gasteiger partial charge in [-0.05, 0) is 50.8 Å². The zero-order chi connectivity index (χ0) is 13.2. The number of hydrogen-bond donors (Lipinski definition) is 1. The van der Waals surface area contributed by atoms with Crippen LogP contribution >= 0.6 is 0 Å². The van der Waals surface area contributed by atoms with Gasteiger partial charge in [0, 0.05) is 11.9 Å². The van der Waals surface area contributed by atoms with Crippen molar-refractivity contribution in [3.63, 3.8) is 0 Å². The van der Waals surface area contributed by atoms with Crippen LogP contribution in [0.1, 0.15) is 26.0 Å². The molecule has 19 heavy (non-hydrogen) atoms. The summed E-state index contributed by atoms with van der Waals surface area (Å²) in [6.45, 7) is 7.77. The van der Waals surface area contributed by atoms with E-state index in [4.69, 9.17) is 5.10 Å². The number of nitrogens with zero attached hydrogens (tertiary/aromatic N) is 2. The first-order valence-corrected chi connectivity index (χ1v) is 7.44. The SMILES string of the molecule is CCn1nc(CC2CCNCC2C)c2ccccc21. The van der Waals surface area contributed by atoms with Crippen LogP contribution < -0.4 is 5.32 Å². The summed E-state index contributed by atoms with van der Waals surface area (Å²) < 4.78 is 2.14. The van der Waals surface area contributed by atoms with E-state index in [2.05, 4.69) is 48.1 Å².